The van der Waals surface area contributed by atoms with Crippen LogP contribution in [0, 0.1) is 5.92 Å². The van der Waals surface area contributed by atoms with Crippen LogP contribution in [0.4, 0.5) is 0 Å². The molecule has 4 nitrogen and oxygen atoms in total. The molecule has 1 unspecified atom stereocenters. The number of hydrogen-bond acceptors (Lipinski definition) is 4. The molecule has 0 bridgehead atoms. The Morgan fingerprint density at radius 2 is 1.65 bits per heavy atom. The van der Waals surface area contributed by atoms with Crippen LogP contribution in [0.25, 0.3) is 0 Å². The number of ether oxygens (including phenoxy) is 2. The quantitative estimate of drug-likeness (QED) is 0.427. The van der Waals surface area contributed by atoms with Crippen LogP contribution in [0.1, 0.15) is 72.6 Å². The summed E-state index contributed by atoms with van der Waals surface area (Å²) in [7, 11) is 0. The summed E-state index contributed by atoms with van der Waals surface area (Å²) in [6.45, 7) is 8.78. The summed E-state index contributed by atoms with van der Waals surface area (Å²) in [5.74, 6) is 0.00639. The van der Waals surface area contributed by atoms with Crippen LogP contribution in [-0.2, 0) is 19.1 Å². The summed E-state index contributed by atoms with van der Waals surface area (Å²) < 4.78 is 10.4. The molecule has 0 fully saturated rings. The van der Waals surface area contributed by atoms with Gasteiger partial charge in [-0.15, -0.1) is 0 Å². The molecule has 0 aliphatic carbocycles. The molecular formula is C16H30O4. The van der Waals surface area contributed by atoms with E-state index < -0.39 is 0 Å². The number of rotatable bonds is 11. The summed E-state index contributed by atoms with van der Waals surface area (Å²) in [4.78, 5) is 23.0. The highest BCUT2D eigenvalue weighted by atomic mass is 16.5. The molecule has 0 saturated carbocycles. The van der Waals surface area contributed by atoms with E-state index >= 15 is 0 Å². The van der Waals surface area contributed by atoms with Gasteiger partial charge in [0.1, 0.15) is 6.10 Å². The summed E-state index contributed by atoms with van der Waals surface area (Å²) in [6.07, 6.45) is 4.82. The van der Waals surface area contributed by atoms with Gasteiger partial charge in [0.15, 0.2) is 0 Å². The maximum Gasteiger partial charge on any atom is 0.306 e. The van der Waals surface area contributed by atoms with E-state index in [1.54, 1.807) is 0 Å². The SMILES string of the molecule is CCCC(CC)OC(=O)CCC(=O)OCCCC(C)C. The number of hydrogen-bond donors (Lipinski definition) is 0. The van der Waals surface area contributed by atoms with Gasteiger partial charge in [-0.25, -0.2) is 0 Å². The van der Waals surface area contributed by atoms with Crippen LogP contribution in [0.3, 0.4) is 0 Å². The third kappa shape index (κ3) is 10.8. The first kappa shape index (κ1) is 18.9. The van der Waals surface area contributed by atoms with Crippen molar-refractivity contribution in [3.63, 3.8) is 0 Å². The van der Waals surface area contributed by atoms with Gasteiger partial charge in [-0.05, 0) is 31.6 Å². The van der Waals surface area contributed by atoms with E-state index in [4.69, 9.17) is 9.47 Å². The van der Waals surface area contributed by atoms with E-state index in [1.807, 2.05) is 6.92 Å². The van der Waals surface area contributed by atoms with Crippen molar-refractivity contribution < 1.29 is 19.1 Å². The third-order valence-electron chi connectivity index (χ3n) is 3.09. The van der Waals surface area contributed by atoms with Crippen molar-refractivity contribution in [2.24, 2.45) is 5.92 Å². The van der Waals surface area contributed by atoms with Crippen molar-refractivity contribution in [3.8, 4) is 0 Å². The fourth-order valence-electron chi connectivity index (χ4n) is 1.87. The lowest BCUT2D eigenvalue weighted by molar-refractivity contribution is -0.154. The molecule has 0 amide bonds. The van der Waals surface area contributed by atoms with E-state index in [2.05, 4.69) is 20.8 Å². The topological polar surface area (TPSA) is 52.6 Å². The highest BCUT2D eigenvalue weighted by Crippen LogP contribution is 2.09. The zero-order valence-corrected chi connectivity index (χ0v) is 13.4. The lowest BCUT2D eigenvalue weighted by Crippen LogP contribution is -2.18. The van der Waals surface area contributed by atoms with Crippen LogP contribution >= 0.6 is 0 Å². The highest BCUT2D eigenvalue weighted by Gasteiger charge is 2.13. The Bertz CT molecular complexity index is 274. The number of carbonyl (C=O) groups is 2. The molecule has 0 saturated heterocycles. The van der Waals surface area contributed by atoms with E-state index in [9.17, 15) is 9.59 Å². The van der Waals surface area contributed by atoms with E-state index in [0.717, 1.165) is 32.1 Å². The van der Waals surface area contributed by atoms with Gasteiger partial charge in [0.2, 0.25) is 0 Å². The predicted octanol–water partition coefficient (Wildman–Crippen LogP) is 3.87. The zero-order valence-electron chi connectivity index (χ0n) is 13.4. The van der Waals surface area contributed by atoms with Gasteiger partial charge in [-0.3, -0.25) is 9.59 Å². The lowest BCUT2D eigenvalue weighted by Gasteiger charge is -2.15. The molecule has 0 aromatic rings. The van der Waals surface area contributed by atoms with Gasteiger partial charge in [0.05, 0.1) is 19.4 Å². The molecule has 0 N–H and O–H groups in total. The fraction of sp³-hybridized carbons (Fsp3) is 0.875. The molecule has 0 aliphatic rings. The normalized spacial score (nSPS) is 12.2. The largest absolute Gasteiger partial charge is 0.466 e. The Hall–Kier alpha value is -1.06. The van der Waals surface area contributed by atoms with Gasteiger partial charge < -0.3 is 9.47 Å². The fourth-order valence-corrected chi connectivity index (χ4v) is 1.87. The smallest absolute Gasteiger partial charge is 0.306 e. The Morgan fingerprint density at radius 1 is 1.00 bits per heavy atom. The third-order valence-corrected chi connectivity index (χ3v) is 3.09. The molecule has 4 heteroatoms. The Kier molecular flexibility index (Phi) is 11.1. The minimum atomic E-state index is -0.311. The van der Waals surface area contributed by atoms with Crippen LogP contribution in [0.15, 0.2) is 0 Å². The van der Waals surface area contributed by atoms with Crippen LogP contribution in [0.5, 0.6) is 0 Å². The average molecular weight is 286 g/mol. The number of esters is 2. The summed E-state index contributed by atoms with van der Waals surface area (Å²) in [5.41, 5.74) is 0. The van der Waals surface area contributed by atoms with Gasteiger partial charge in [-0.2, -0.15) is 0 Å². The van der Waals surface area contributed by atoms with Crippen LogP contribution in [-0.4, -0.2) is 24.6 Å². The first-order valence-corrected chi connectivity index (χ1v) is 7.84. The molecule has 0 aromatic heterocycles. The number of carbonyl (C=O) groups excluding carboxylic acids is 2. The van der Waals surface area contributed by atoms with Crippen molar-refractivity contribution in [2.75, 3.05) is 6.61 Å². The van der Waals surface area contributed by atoms with Crippen molar-refractivity contribution >= 4 is 11.9 Å². The van der Waals surface area contributed by atoms with Crippen molar-refractivity contribution in [1.82, 2.24) is 0 Å². The molecule has 0 radical (unpaired) electrons. The van der Waals surface area contributed by atoms with E-state index in [1.165, 1.54) is 0 Å². The van der Waals surface area contributed by atoms with Gasteiger partial charge in [0, 0.05) is 0 Å². The maximum atomic E-state index is 11.6. The predicted molar refractivity (Wildman–Crippen MR) is 79.3 cm³/mol. The molecular weight excluding hydrogens is 256 g/mol. The second kappa shape index (κ2) is 11.7. The van der Waals surface area contributed by atoms with Crippen LogP contribution in [0.2, 0.25) is 0 Å². The second-order valence-electron chi connectivity index (χ2n) is 5.57. The Labute approximate surface area is 123 Å². The monoisotopic (exact) mass is 286 g/mol. The minimum absolute atomic E-state index is 0.0189. The summed E-state index contributed by atoms with van der Waals surface area (Å²) in [5, 5.41) is 0. The second-order valence-corrected chi connectivity index (χ2v) is 5.57. The van der Waals surface area contributed by atoms with Gasteiger partial charge in [-0.1, -0.05) is 34.1 Å². The Balaban J connectivity index is 3.69. The molecule has 0 heterocycles. The molecule has 1 atom stereocenters. The molecule has 0 rings (SSSR count). The molecule has 118 valence electrons. The molecule has 20 heavy (non-hydrogen) atoms. The molecule has 0 aliphatic heterocycles. The van der Waals surface area contributed by atoms with Crippen LogP contribution < -0.4 is 0 Å². The lowest BCUT2D eigenvalue weighted by atomic mass is 10.1. The van der Waals surface area contributed by atoms with Gasteiger partial charge in [0.25, 0.3) is 0 Å². The Morgan fingerprint density at radius 3 is 2.20 bits per heavy atom. The van der Waals surface area contributed by atoms with E-state index in [0.29, 0.717) is 12.5 Å². The van der Waals surface area contributed by atoms with Gasteiger partial charge >= 0.3 is 11.9 Å². The zero-order chi connectivity index (χ0) is 15.4. The molecule has 0 spiro atoms. The summed E-state index contributed by atoms with van der Waals surface area (Å²) >= 11 is 0. The molecule has 0 aromatic carbocycles. The summed E-state index contributed by atoms with van der Waals surface area (Å²) in [6, 6.07) is 0. The van der Waals surface area contributed by atoms with E-state index in [-0.39, 0.29) is 30.9 Å². The maximum absolute atomic E-state index is 11.6. The van der Waals surface area contributed by atoms with Crippen molar-refractivity contribution in [2.45, 2.75) is 78.7 Å². The standard InChI is InChI=1S/C16H30O4/c1-5-8-14(6-2)20-16(18)11-10-15(17)19-12-7-9-13(3)4/h13-14H,5-12H2,1-4H3. The van der Waals surface area contributed by atoms with Crippen molar-refractivity contribution in [1.29, 1.82) is 0 Å². The minimum Gasteiger partial charge on any atom is -0.466 e. The first-order chi connectivity index (χ1) is 9.49. The van der Waals surface area contributed by atoms with Crippen molar-refractivity contribution in [3.05, 3.63) is 0 Å². The first-order valence-electron chi connectivity index (χ1n) is 7.84. The highest BCUT2D eigenvalue weighted by molar-refractivity contribution is 5.77. The average Bonchev–Trinajstić information content (AvgIpc) is 2.40.